The van der Waals surface area contributed by atoms with Gasteiger partial charge in [-0.1, -0.05) is 12.8 Å². The monoisotopic (exact) mass is 909 g/mol. The number of aromatic nitrogens is 2. The van der Waals surface area contributed by atoms with Crippen LogP contribution in [0.1, 0.15) is 95.3 Å². The molecule has 20 heteroatoms. The van der Waals surface area contributed by atoms with E-state index in [4.69, 9.17) is 4.74 Å². The third kappa shape index (κ3) is 7.86. The third-order valence-electron chi connectivity index (χ3n) is 14.8. The quantitative estimate of drug-likeness (QED) is 0.263. The van der Waals surface area contributed by atoms with Crippen molar-refractivity contribution < 1.29 is 42.3 Å². The number of carbonyl (C=O) groups is 6. The number of halogens is 2. The molecule has 1 aliphatic carbocycles. The maximum atomic E-state index is 15.1. The number of ether oxygens (including phenoxy) is 1. The van der Waals surface area contributed by atoms with E-state index in [9.17, 15) is 28.8 Å². The topological polar surface area (TPSA) is 193 Å². The number of nitrogens with one attached hydrogen (secondary N) is 3. The number of hydrazine groups is 1. The molecule has 1 aromatic heterocycles. The molecular weight excluding hydrogens is 857 g/mol. The number of methoxy groups -OCH3 is 1. The number of carbonyl (C=O) groups excluding carboxylic acids is 6. The molecule has 66 heavy (non-hydrogen) atoms. The van der Waals surface area contributed by atoms with Crippen LogP contribution in [-0.2, 0) is 14.4 Å². The van der Waals surface area contributed by atoms with E-state index >= 15 is 8.78 Å². The summed E-state index contributed by atoms with van der Waals surface area (Å²) < 4.78 is 35.8. The van der Waals surface area contributed by atoms with Gasteiger partial charge in [-0.25, -0.2) is 9.99 Å². The maximum absolute atomic E-state index is 15.1. The molecule has 0 bridgehead atoms. The predicted octanol–water partition coefficient (Wildman–Crippen LogP) is 3.70. The zero-order chi connectivity index (χ0) is 46.1. The minimum absolute atomic E-state index is 0.0758. The van der Waals surface area contributed by atoms with E-state index in [-0.39, 0.29) is 53.2 Å². The van der Waals surface area contributed by atoms with Crippen LogP contribution in [0.25, 0.3) is 0 Å². The molecule has 1 atom stereocenters. The predicted molar refractivity (Wildman–Crippen MR) is 237 cm³/mol. The van der Waals surface area contributed by atoms with Crippen LogP contribution in [0.4, 0.5) is 37.6 Å². The molecule has 1 spiro atoms. The van der Waals surface area contributed by atoms with Gasteiger partial charge >= 0.3 is 5.92 Å². The molecule has 18 nitrogen and oxygen atoms in total. The number of rotatable bonds is 9. The summed E-state index contributed by atoms with van der Waals surface area (Å²) in [5, 5.41) is 7.32. The first kappa shape index (κ1) is 43.6. The number of piperidine rings is 3. The van der Waals surface area contributed by atoms with Gasteiger partial charge in [0.05, 0.1) is 36.7 Å². The van der Waals surface area contributed by atoms with E-state index in [0.29, 0.717) is 41.7 Å². The summed E-state index contributed by atoms with van der Waals surface area (Å²) in [6.07, 6.45) is 8.68. The lowest BCUT2D eigenvalue weighted by Gasteiger charge is -2.57. The van der Waals surface area contributed by atoms with Crippen LogP contribution in [0.15, 0.2) is 42.6 Å². The number of imide groups is 2. The Bertz CT molecular complexity index is 2500. The highest BCUT2D eigenvalue weighted by molar-refractivity contribution is 6.23. The van der Waals surface area contributed by atoms with Crippen molar-refractivity contribution in [2.45, 2.75) is 88.3 Å². The molecule has 7 aliphatic rings. The van der Waals surface area contributed by atoms with Crippen LogP contribution in [0.3, 0.4) is 0 Å². The van der Waals surface area contributed by atoms with Crippen LogP contribution in [0, 0.1) is 5.41 Å². The van der Waals surface area contributed by atoms with Crippen molar-refractivity contribution in [3.63, 3.8) is 0 Å². The van der Waals surface area contributed by atoms with Crippen molar-refractivity contribution in [2.75, 3.05) is 80.0 Å². The van der Waals surface area contributed by atoms with Crippen molar-refractivity contribution in [3.05, 3.63) is 59.3 Å². The Morgan fingerprint density at radius 2 is 1.59 bits per heavy atom. The second kappa shape index (κ2) is 16.9. The first-order valence-electron chi connectivity index (χ1n) is 22.9. The molecule has 6 aliphatic heterocycles. The Hall–Kier alpha value is -6.28. The average molecular weight is 910 g/mol. The Morgan fingerprint density at radius 3 is 2.30 bits per heavy atom. The smallest absolute Gasteiger partial charge is 0.342 e. The van der Waals surface area contributed by atoms with E-state index in [1.54, 1.807) is 35.2 Å². The van der Waals surface area contributed by atoms with E-state index in [0.717, 1.165) is 93.0 Å². The highest BCUT2D eigenvalue weighted by atomic mass is 19.3. The molecule has 5 fully saturated rings. The lowest BCUT2D eigenvalue weighted by atomic mass is 9.71. The number of benzene rings is 2. The number of amides is 6. The SMILES string of the molecule is COc1cc(C(=O)NN2CCC(N3CC4(CCN(c5ccc6c(c5)C(=O)N(C5CCC(=O)NC5=O)C6=O)CC4)C3)CC2)ccc1Nc1ncc2c(n1)N(C1CCCC1)CC(F)(F)C(=O)N2C. The van der Waals surface area contributed by atoms with E-state index in [1.165, 1.54) is 20.4 Å². The van der Waals surface area contributed by atoms with Crippen molar-refractivity contribution in [3.8, 4) is 5.75 Å². The molecule has 6 amide bonds. The van der Waals surface area contributed by atoms with Crippen molar-refractivity contribution in [1.82, 2.24) is 35.5 Å². The molecule has 7 heterocycles. The standard InChI is InChI=1S/C46H53F2N11O7/c1-54-35-23-49-44(52-38(35)58(29-5-3-4-6-29)26-46(47,48)43(54)65)50-33-10-7-27(21-36(33)66-2)39(61)53-57-17-13-28(14-18-57)56-24-45(25-56)15-19-55(20-16-45)30-8-9-31-32(22-30)42(64)59(41(31)63)34-11-12-37(60)51-40(34)62/h7-10,21-23,28-29,34H,3-6,11-20,24-26H2,1-2H3,(H,53,61)(H,49,50,52)(H,51,60,62). The van der Waals surface area contributed by atoms with Gasteiger partial charge in [0.15, 0.2) is 5.82 Å². The van der Waals surface area contributed by atoms with E-state index < -0.39 is 48.0 Å². The van der Waals surface area contributed by atoms with Crippen LogP contribution in [0.2, 0.25) is 0 Å². The Morgan fingerprint density at radius 1 is 0.864 bits per heavy atom. The Balaban J connectivity index is 0.704. The highest BCUT2D eigenvalue weighted by Gasteiger charge is 2.50. The van der Waals surface area contributed by atoms with Crippen LogP contribution < -0.4 is 35.5 Å². The molecule has 3 N–H and O–H groups in total. The summed E-state index contributed by atoms with van der Waals surface area (Å²) in [4.78, 5) is 94.2. The lowest BCUT2D eigenvalue weighted by molar-refractivity contribution is -0.140. The fourth-order valence-electron chi connectivity index (χ4n) is 11.0. The highest BCUT2D eigenvalue weighted by Crippen LogP contribution is 2.44. The number of fused-ring (bicyclic) bond motifs is 2. The van der Waals surface area contributed by atoms with Crippen LogP contribution in [0.5, 0.6) is 5.75 Å². The fraction of sp³-hybridized carbons (Fsp3) is 0.522. The Labute approximate surface area is 379 Å². The normalized spacial score (nSPS) is 23.7. The number of likely N-dealkylation sites (tertiary alicyclic amines) is 1. The number of nitrogens with zero attached hydrogens (tertiary/aromatic N) is 8. The molecule has 1 unspecified atom stereocenters. The fourth-order valence-corrected chi connectivity index (χ4v) is 11.0. The molecule has 10 rings (SSSR count). The molecule has 3 aromatic rings. The third-order valence-corrected chi connectivity index (χ3v) is 14.8. The van der Waals surface area contributed by atoms with Gasteiger partial charge in [-0.3, -0.25) is 49.3 Å². The Kier molecular flexibility index (Phi) is 11.1. The van der Waals surface area contributed by atoms with Crippen LogP contribution >= 0.6 is 0 Å². The van der Waals surface area contributed by atoms with Gasteiger partial charge in [-0.05, 0) is 86.8 Å². The van der Waals surface area contributed by atoms with Gasteiger partial charge in [0.1, 0.15) is 17.5 Å². The summed E-state index contributed by atoms with van der Waals surface area (Å²) in [7, 11) is 2.80. The molecule has 0 radical (unpaired) electrons. The van der Waals surface area contributed by atoms with Gasteiger partial charge in [-0.2, -0.15) is 13.8 Å². The van der Waals surface area contributed by atoms with Gasteiger partial charge < -0.3 is 24.8 Å². The summed E-state index contributed by atoms with van der Waals surface area (Å²) in [5.41, 5.74) is 5.80. The van der Waals surface area contributed by atoms with Crippen molar-refractivity contribution in [2.24, 2.45) is 5.41 Å². The number of hydrogen-bond acceptors (Lipinski definition) is 14. The largest absolute Gasteiger partial charge is 0.495 e. The second-order valence-corrected chi connectivity index (χ2v) is 18.8. The zero-order valence-electron chi connectivity index (χ0n) is 37.0. The average Bonchev–Trinajstić information content (AvgIpc) is 3.92. The lowest BCUT2D eigenvalue weighted by Crippen LogP contribution is -2.64. The first-order valence-corrected chi connectivity index (χ1v) is 22.9. The number of hydrogen-bond donors (Lipinski definition) is 3. The second-order valence-electron chi connectivity index (χ2n) is 18.8. The van der Waals surface area contributed by atoms with E-state index in [1.807, 2.05) is 11.1 Å². The summed E-state index contributed by atoms with van der Waals surface area (Å²) in [5.74, 6) is -6.43. The molecule has 2 aromatic carbocycles. The maximum Gasteiger partial charge on any atom is 0.342 e. The number of alkyl halides is 2. The van der Waals surface area contributed by atoms with E-state index in [2.05, 4.69) is 35.8 Å². The summed E-state index contributed by atoms with van der Waals surface area (Å²) in [6.45, 7) is 4.31. The van der Waals surface area contributed by atoms with Gasteiger partial charge in [-0.15, -0.1) is 0 Å². The summed E-state index contributed by atoms with van der Waals surface area (Å²) in [6, 6.07) is 9.54. The van der Waals surface area contributed by atoms with Gasteiger partial charge in [0.25, 0.3) is 23.6 Å². The molecule has 4 saturated heterocycles. The molecular formula is C46H53F2N11O7. The first-order chi connectivity index (χ1) is 31.7. The van der Waals surface area contributed by atoms with Gasteiger partial charge in [0.2, 0.25) is 17.8 Å². The van der Waals surface area contributed by atoms with Crippen molar-refractivity contribution in [1.29, 1.82) is 0 Å². The number of anilines is 5. The minimum atomic E-state index is -3.58. The van der Waals surface area contributed by atoms with Gasteiger partial charge in [0, 0.05) is 76.1 Å². The summed E-state index contributed by atoms with van der Waals surface area (Å²) >= 11 is 0. The van der Waals surface area contributed by atoms with Crippen molar-refractivity contribution >= 4 is 64.3 Å². The zero-order valence-corrected chi connectivity index (χ0v) is 37.0. The van der Waals surface area contributed by atoms with Crippen LogP contribution in [-0.4, -0.2) is 144 Å². The molecule has 348 valence electrons. The minimum Gasteiger partial charge on any atom is -0.495 e. The molecule has 1 saturated carbocycles.